The SMILES string of the molecule is NC(=O)OCc1cnc(-c2ccc(OCC3CO3)cc2)s1. The second-order valence-corrected chi connectivity index (χ2v) is 5.65. The number of rotatable bonds is 6. The van der Waals surface area contributed by atoms with Crippen LogP contribution < -0.4 is 10.5 Å². The molecule has 1 aliphatic rings. The third-order valence-corrected chi connectivity index (χ3v) is 3.87. The van der Waals surface area contributed by atoms with Crippen molar-refractivity contribution in [3.05, 3.63) is 35.3 Å². The molecular weight excluding hydrogens is 292 g/mol. The molecule has 21 heavy (non-hydrogen) atoms. The highest BCUT2D eigenvalue weighted by molar-refractivity contribution is 7.15. The Hall–Kier alpha value is -2.12. The van der Waals surface area contributed by atoms with Gasteiger partial charge in [0.1, 0.15) is 30.1 Å². The van der Waals surface area contributed by atoms with E-state index in [1.54, 1.807) is 6.20 Å². The number of hydrogen-bond acceptors (Lipinski definition) is 6. The molecule has 7 heteroatoms. The maximum absolute atomic E-state index is 10.6. The summed E-state index contributed by atoms with van der Waals surface area (Å²) in [5, 5.41) is 0.857. The van der Waals surface area contributed by atoms with Crippen LogP contribution in [-0.4, -0.2) is 30.4 Å². The van der Waals surface area contributed by atoms with E-state index in [9.17, 15) is 4.79 Å². The molecule has 3 rings (SSSR count). The van der Waals surface area contributed by atoms with Gasteiger partial charge in [-0.05, 0) is 24.3 Å². The first-order valence-electron chi connectivity index (χ1n) is 6.42. The molecule has 1 aromatic heterocycles. The summed E-state index contributed by atoms with van der Waals surface area (Å²) in [5.41, 5.74) is 5.92. The van der Waals surface area contributed by atoms with Crippen LogP contribution in [0.15, 0.2) is 30.5 Å². The van der Waals surface area contributed by atoms with Crippen molar-refractivity contribution in [2.75, 3.05) is 13.2 Å². The first-order chi connectivity index (χ1) is 10.2. The molecule has 1 amide bonds. The van der Waals surface area contributed by atoms with Gasteiger partial charge in [-0.3, -0.25) is 0 Å². The lowest BCUT2D eigenvalue weighted by atomic mass is 10.2. The van der Waals surface area contributed by atoms with E-state index in [-0.39, 0.29) is 12.7 Å². The summed E-state index contributed by atoms with van der Waals surface area (Å²) in [6, 6.07) is 7.69. The monoisotopic (exact) mass is 306 g/mol. The number of primary amides is 1. The minimum absolute atomic E-state index is 0.148. The van der Waals surface area contributed by atoms with Crippen molar-refractivity contribution in [3.8, 4) is 16.3 Å². The molecule has 1 aromatic carbocycles. The van der Waals surface area contributed by atoms with Crippen LogP contribution in [0.1, 0.15) is 4.88 Å². The van der Waals surface area contributed by atoms with Gasteiger partial charge in [0.15, 0.2) is 0 Å². The van der Waals surface area contributed by atoms with Crippen molar-refractivity contribution in [1.29, 1.82) is 0 Å². The number of thiazole rings is 1. The number of carbonyl (C=O) groups excluding carboxylic acids is 1. The van der Waals surface area contributed by atoms with Gasteiger partial charge in [-0.1, -0.05) is 0 Å². The lowest BCUT2D eigenvalue weighted by molar-refractivity contribution is 0.151. The molecule has 1 atom stereocenters. The van der Waals surface area contributed by atoms with Gasteiger partial charge in [0.05, 0.1) is 11.5 Å². The Morgan fingerprint density at radius 1 is 1.43 bits per heavy atom. The third kappa shape index (κ3) is 3.93. The zero-order valence-electron chi connectivity index (χ0n) is 11.2. The summed E-state index contributed by atoms with van der Waals surface area (Å²) in [4.78, 5) is 15.7. The smallest absolute Gasteiger partial charge is 0.404 e. The van der Waals surface area contributed by atoms with Gasteiger partial charge in [0.2, 0.25) is 0 Å². The summed E-state index contributed by atoms with van der Waals surface area (Å²) >= 11 is 1.46. The maximum atomic E-state index is 10.6. The first-order valence-corrected chi connectivity index (χ1v) is 7.24. The normalized spacial score (nSPS) is 16.5. The number of carbonyl (C=O) groups is 1. The average Bonchev–Trinajstić information content (AvgIpc) is 3.20. The van der Waals surface area contributed by atoms with Crippen molar-refractivity contribution >= 4 is 17.4 Å². The lowest BCUT2D eigenvalue weighted by Gasteiger charge is -2.04. The highest BCUT2D eigenvalue weighted by Crippen LogP contribution is 2.27. The number of amides is 1. The lowest BCUT2D eigenvalue weighted by Crippen LogP contribution is -2.12. The number of benzene rings is 1. The summed E-state index contributed by atoms with van der Waals surface area (Å²) in [5.74, 6) is 0.808. The average molecular weight is 306 g/mol. The topological polar surface area (TPSA) is 87.0 Å². The molecule has 0 aliphatic carbocycles. The zero-order valence-corrected chi connectivity index (χ0v) is 12.0. The molecule has 6 nitrogen and oxygen atoms in total. The number of hydrogen-bond donors (Lipinski definition) is 1. The largest absolute Gasteiger partial charge is 0.491 e. The Bertz CT molecular complexity index is 622. The summed E-state index contributed by atoms with van der Waals surface area (Å²) in [7, 11) is 0. The summed E-state index contributed by atoms with van der Waals surface area (Å²) in [6.07, 6.45) is 1.14. The van der Waals surface area contributed by atoms with Crippen molar-refractivity contribution in [2.24, 2.45) is 5.73 Å². The Morgan fingerprint density at radius 3 is 2.86 bits per heavy atom. The van der Waals surface area contributed by atoms with E-state index in [0.29, 0.717) is 6.61 Å². The number of nitrogens with two attached hydrogens (primary N) is 1. The van der Waals surface area contributed by atoms with Gasteiger partial charge in [-0.25, -0.2) is 9.78 Å². The highest BCUT2D eigenvalue weighted by atomic mass is 32.1. The van der Waals surface area contributed by atoms with Crippen molar-refractivity contribution in [1.82, 2.24) is 4.98 Å². The van der Waals surface area contributed by atoms with E-state index in [0.717, 1.165) is 27.8 Å². The van der Waals surface area contributed by atoms with Crippen LogP contribution in [0.3, 0.4) is 0 Å². The first kappa shape index (κ1) is 13.8. The fourth-order valence-corrected chi connectivity index (χ4v) is 2.53. The van der Waals surface area contributed by atoms with Crippen LogP contribution in [0.5, 0.6) is 5.75 Å². The molecule has 2 aromatic rings. The molecule has 2 N–H and O–H groups in total. The zero-order chi connectivity index (χ0) is 14.7. The van der Waals surface area contributed by atoms with E-state index in [2.05, 4.69) is 4.98 Å². The molecular formula is C14H14N2O4S. The molecule has 0 bridgehead atoms. The van der Waals surface area contributed by atoms with E-state index in [1.807, 2.05) is 24.3 Å². The predicted octanol–water partition coefficient (Wildman–Crippen LogP) is 2.18. The van der Waals surface area contributed by atoms with Gasteiger partial charge in [-0.15, -0.1) is 11.3 Å². The van der Waals surface area contributed by atoms with E-state index < -0.39 is 6.09 Å². The molecule has 1 fully saturated rings. The Kier molecular flexibility index (Phi) is 4.03. The molecule has 1 saturated heterocycles. The predicted molar refractivity (Wildman–Crippen MR) is 77.2 cm³/mol. The van der Waals surface area contributed by atoms with Crippen molar-refractivity contribution in [3.63, 3.8) is 0 Å². The molecule has 2 heterocycles. The van der Waals surface area contributed by atoms with Crippen LogP contribution >= 0.6 is 11.3 Å². The van der Waals surface area contributed by atoms with Crippen LogP contribution in [0.25, 0.3) is 10.6 Å². The van der Waals surface area contributed by atoms with Gasteiger partial charge in [-0.2, -0.15) is 0 Å². The molecule has 1 unspecified atom stereocenters. The molecule has 0 radical (unpaired) electrons. The molecule has 0 saturated carbocycles. The number of epoxide rings is 1. The summed E-state index contributed by atoms with van der Waals surface area (Å²) in [6.45, 7) is 1.52. The maximum Gasteiger partial charge on any atom is 0.404 e. The van der Waals surface area contributed by atoms with E-state index in [1.165, 1.54) is 11.3 Å². The molecule has 1 aliphatic heterocycles. The fourth-order valence-electron chi connectivity index (χ4n) is 1.70. The number of nitrogens with zero attached hydrogens (tertiary/aromatic N) is 1. The Balaban J connectivity index is 1.61. The minimum Gasteiger partial charge on any atom is -0.491 e. The van der Waals surface area contributed by atoms with Gasteiger partial charge in [0.25, 0.3) is 0 Å². The number of ether oxygens (including phenoxy) is 3. The fraction of sp³-hybridized carbons (Fsp3) is 0.286. The van der Waals surface area contributed by atoms with Crippen LogP contribution in [0.4, 0.5) is 4.79 Å². The highest BCUT2D eigenvalue weighted by Gasteiger charge is 2.22. The van der Waals surface area contributed by atoms with E-state index in [4.69, 9.17) is 19.9 Å². The van der Waals surface area contributed by atoms with Crippen LogP contribution in [0, 0.1) is 0 Å². The molecule has 0 spiro atoms. The second kappa shape index (κ2) is 6.11. The van der Waals surface area contributed by atoms with E-state index >= 15 is 0 Å². The summed E-state index contributed by atoms with van der Waals surface area (Å²) < 4.78 is 15.4. The van der Waals surface area contributed by atoms with Gasteiger partial charge >= 0.3 is 6.09 Å². The van der Waals surface area contributed by atoms with Crippen LogP contribution in [-0.2, 0) is 16.1 Å². The molecule has 110 valence electrons. The quantitative estimate of drug-likeness (QED) is 0.827. The Labute approximate surface area is 125 Å². The number of aromatic nitrogens is 1. The third-order valence-electron chi connectivity index (χ3n) is 2.85. The minimum atomic E-state index is -0.786. The standard InChI is InChI=1S/C14H14N2O4S/c15-14(17)20-8-12-5-16-13(21-12)9-1-3-10(4-2-9)18-6-11-7-19-11/h1-5,11H,6-8H2,(H2,15,17). The Morgan fingerprint density at radius 2 is 2.19 bits per heavy atom. The van der Waals surface area contributed by atoms with Crippen molar-refractivity contribution in [2.45, 2.75) is 12.7 Å². The van der Waals surface area contributed by atoms with Crippen molar-refractivity contribution < 1.29 is 19.0 Å². The van der Waals surface area contributed by atoms with Crippen LogP contribution in [0.2, 0.25) is 0 Å². The van der Waals surface area contributed by atoms with Gasteiger partial charge in [0, 0.05) is 11.8 Å². The second-order valence-electron chi connectivity index (χ2n) is 4.53. The van der Waals surface area contributed by atoms with Gasteiger partial charge < -0.3 is 19.9 Å².